The standard InChI is InChI=1S/C26H27N5OS/c1-5-24-29-25-19(4)28-18(3)16-23(25)31(24)21-10-8-20(9-11-21)14-15-27-26(32)30-33-22-12-6-17(2)7-13-22/h6-16H,5H2,1-4H3,(H2,27,30,32)/b15-14-. The van der Waals surface area contributed by atoms with Gasteiger partial charge in [0.25, 0.3) is 0 Å². The first-order valence-corrected chi connectivity index (χ1v) is 11.7. The van der Waals surface area contributed by atoms with Crippen molar-refractivity contribution >= 4 is 35.1 Å². The highest BCUT2D eigenvalue weighted by atomic mass is 32.2. The molecule has 0 saturated heterocycles. The van der Waals surface area contributed by atoms with Gasteiger partial charge in [0, 0.05) is 28.9 Å². The molecule has 4 rings (SSSR count). The van der Waals surface area contributed by atoms with Crippen LogP contribution in [-0.2, 0) is 6.42 Å². The molecular formula is C26H27N5OS. The SMILES string of the molecule is CCc1nc2c(C)nc(C)cc2n1-c1ccc(/C=C\NC(=O)NSc2ccc(C)cc2)cc1. The Kier molecular flexibility index (Phi) is 6.79. The van der Waals surface area contributed by atoms with Crippen molar-refractivity contribution in [3.63, 3.8) is 0 Å². The molecule has 0 fully saturated rings. The minimum atomic E-state index is -0.273. The first-order valence-electron chi connectivity index (χ1n) is 10.9. The molecule has 33 heavy (non-hydrogen) atoms. The van der Waals surface area contributed by atoms with Crippen molar-refractivity contribution in [2.24, 2.45) is 0 Å². The monoisotopic (exact) mass is 457 g/mol. The predicted octanol–water partition coefficient (Wildman–Crippen LogP) is 5.89. The van der Waals surface area contributed by atoms with Crippen LogP contribution < -0.4 is 10.0 Å². The van der Waals surface area contributed by atoms with Gasteiger partial charge < -0.3 is 5.32 Å². The Hall–Kier alpha value is -3.58. The van der Waals surface area contributed by atoms with E-state index < -0.39 is 0 Å². The molecule has 0 aliphatic heterocycles. The number of aryl methyl sites for hydroxylation is 4. The summed E-state index contributed by atoms with van der Waals surface area (Å²) in [6.45, 7) is 8.15. The number of hydrogen-bond acceptors (Lipinski definition) is 4. The fraction of sp³-hybridized carbons (Fsp3) is 0.192. The smallest absolute Gasteiger partial charge is 0.314 e. The fourth-order valence-electron chi connectivity index (χ4n) is 3.64. The predicted molar refractivity (Wildman–Crippen MR) is 135 cm³/mol. The second-order valence-electron chi connectivity index (χ2n) is 7.85. The zero-order chi connectivity index (χ0) is 23.4. The van der Waals surface area contributed by atoms with Crippen LogP contribution in [0.1, 0.15) is 35.3 Å². The van der Waals surface area contributed by atoms with Crippen LogP contribution in [0.25, 0.3) is 22.8 Å². The lowest BCUT2D eigenvalue weighted by Crippen LogP contribution is -2.26. The van der Waals surface area contributed by atoms with Gasteiger partial charge in [-0.2, -0.15) is 0 Å². The van der Waals surface area contributed by atoms with Gasteiger partial charge in [-0.25, -0.2) is 9.78 Å². The Morgan fingerprint density at radius 3 is 2.45 bits per heavy atom. The third-order valence-corrected chi connectivity index (χ3v) is 6.05. The highest BCUT2D eigenvalue weighted by molar-refractivity contribution is 7.98. The van der Waals surface area contributed by atoms with Gasteiger partial charge in [-0.3, -0.25) is 14.3 Å². The molecule has 0 atom stereocenters. The number of fused-ring (bicyclic) bond motifs is 1. The van der Waals surface area contributed by atoms with E-state index >= 15 is 0 Å². The minimum absolute atomic E-state index is 0.273. The number of nitrogens with one attached hydrogen (secondary N) is 2. The third-order valence-electron chi connectivity index (χ3n) is 5.26. The van der Waals surface area contributed by atoms with E-state index in [4.69, 9.17) is 4.98 Å². The molecule has 0 radical (unpaired) electrons. The number of hydrogen-bond donors (Lipinski definition) is 2. The van der Waals surface area contributed by atoms with Crippen molar-refractivity contribution in [2.75, 3.05) is 0 Å². The summed E-state index contributed by atoms with van der Waals surface area (Å²) in [7, 11) is 0. The Balaban J connectivity index is 1.43. The molecule has 0 aliphatic carbocycles. The van der Waals surface area contributed by atoms with Crippen LogP contribution in [0.4, 0.5) is 4.79 Å². The number of aromatic nitrogens is 3. The van der Waals surface area contributed by atoms with Gasteiger partial charge in [-0.15, -0.1) is 0 Å². The number of amides is 2. The Morgan fingerprint density at radius 2 is 1.76 bits per heavy atom. The van der Waals surface area contributed by atoms with Gasteiger partial charge in [0.05, 0.1) is 11.2 Å². The zero-order valence-corrected chi connectivity index (χ0v) is 20.0. The second kappa shape index (κ2) is 9.92. The van der Waals surface area contributed by atoms with E-state index in [0.717, 1.165) is 50.8 Å². The number of rotatable bonds is 6. The van der Waals surface area contributed by atoms with Crippen molar-refractivity contribution in [2.45, 2.75) is 39.0 Å². The van der Waals surface area contributed by atoms with Gasteiger partial charge in [-0.1, -0.05) is 36.8 Å². The molecule has 0 aliphatic rings. The highest BCUT2D eigenvalue weighted by Gasteiger charge is 2.14. The fourth-order valence-corrected chi connectivity index (χ4v) is 4.18. The summed E-state index contributed by atoms with van der Waals surface area (Å²) in [5.41, 5.74) is 7.17. The summed E-state index contributed by atoms with van der Waals surface area (Å²) < 4.78 is 4.96. The van der Waals surface area contributed by atoms with Crippen LogP contribution in [0.5, 0.6) is 0 Å². The van der Waals surface area contributed by atoms with E-state index in [1.165, 1.54) is 17.5 Å². The molecule has 7 heteroatoms. The molecule has 2 aromatic heterocycles. The van der Waals surface area contributed by atoms with Crippen LogP contribution >= 0.6 is 11.9 Å². The van der Waals surface area contributed by atoms with Crippen LogP contribution in [0.15, 0.2) is 65.7 Å². The lowest BCUT2D eigenvalue weighted by atomic mass is 10.2. The average molecular weight is 458 g/mol. The molecule has 2 aromatic carbocycles. The molecule has 0 spiro atoms. The van der Waals surface area contributed by atoms with E-state index in [2.05, 4.69) is 44.7 Å². The van der Waals surface area contributed by atoms with Crippen molar-refractivity contribution < 1.29 is 4.79 Å². The summed E-state index contributed by atoms with van der Waals surface area (Å²) in [5.74, 6) is 1.01. The summed E-state index contributed by atoms with van der Waals surface area (Å²) in [4.78, 5) is 22.4. The quantitative estimate of drug-likeness (QED) is 0.354. The third kappa shape index (κ3) is 5.26. The molecule has 0 saturated carbocycles. The molecule has 2 amide bonds. The number of urea groups is 1. The summed E-state index contributed by atoms with van der Waals surface area (Å²) in [5, 5.41) is 2.74. The normalized spacial score (nSPS) is 11.3. The maximum absolute atomic E-state index is 12.0. The number of benzene rings is 2. The van der Waals surface area contributed by atoms with Crippen molar-refractivity contribution in [1.82, 2.24) is 24.6 Å². The number of carbonyl (C=O) groups is 1. The Labute approximate surface area is 198 Å². The average Bonchev–Trinajstić information content (AvgIpc) is 3.18. The van der Waals surface area contributed by atoms with Gasteiger partial charge >= 0.3 is 6.03 Å². The van der Waals surface area contributed by atoms with Crippen LogP contribution in [0.3, 0.4) is 0 Å². The van der Waals surface area contributed by atoms with E-state index in [9.17, 15) is 4.79 Å². The van der Waals surface area contributed by atoms with Crippen LogP contribution in [-0.4, -0.2) is 20.6 Å². The van der Waals surface area contributed by atoms with Crippen molar-refractivity contribution in [3.05, 3.63) is 89.1 Å². The zero-order valence-electron chi connectivity index (χ0n) is 19.2. The molecule has 2 heterocycles. The van der Waals surface area contributed by atoms with Crippen molar-refractivity contribution in [1.29, 1.82) is 0 Å². The molecule has 0 unspecified atom stereocenters. The van der Waals surface area contributed by atoms with E-state index in [-0.39, 0.29) is 6.03 Å². The lowest BCUT2D eigenvalue weighted by Gasteiger charge is -2.09. The Bertz CT molecular complexity index is 1310. The number of imidazole rings is 1. The summed E-state index contributed by atoms with van der Waals surface area (Å²) in [6.07, 6.45) is 4.34. The molecular weight excluding hydrogens is 430 g/mol. The minimum Gasteiger partial charge on any atom is -0.314 e. The van der Waals surface area contributed by atoms with Gasteiger partial charge in [-0.05, 0) is 74.7 Å². The maximum Gasteiger partial charge on any atom is 0.329 e. The van der Waals surface area contributed by atoms with Gasteiger partial charge in [0.15, 0.2) is 0 Å². The highest BCUT2D eigenvalue weighted by Crippen LogP contribution is 2.25. The maximum atomic E-state index is 12.0. The number of pyridine rings is 1. The van der Waals surface area contributed by atoms with E-state index in [0.29, 0.717) is 0 Å². The molecule has 0 bridgehead atoms. The van der Waals surface area contributed by atoms with E-state index in [1.54, 1.807) is 6.20 Å². The molecule has 4 aromatic rings. The van der Waals surface area contributed by atoms with Crippen LogP contribution in [0, 0.1) is 20.8 Å². The first-order chi connectivity index (χ1) is 15.9. The molecule has 168 valence electrons. The van der Waals surface area contributed by atoms with E-state index in [1.807, 2.05) is 63.2 Å². The Morgan fingerprint density at radius 1 is 1.03 bits per heavy atom. The first kappa shape index (κ1) is 22.6. The molecule has 6 nitrogen and oxygen atoms in total. The second-order valence-corrected chi connectivity index (χ2v) is 8.73. The molecule has 2 N–H and O–H groups in total. The number of carbonyl (C=O) groups excluding carboxylic acids is 1. The summed E-state index contributed by atoms with van der Waals surface area (Å²) in [6, 6.07) is 18.0. The van der Waals surface area contributed by atoms with Gasteiger partial charge in [0.1, 0.15) is 11.3 Å². The lowest BCUT2D eigenvalue weighted by molar-refractivity contribution is 0.249. The van der Waals surface area contributed by atoms with Crippen molar-refractivity contribution in [3.8, 4) is 5.69 Å². The largest absolute Gasteiger partial charge is 0.329 e. The topological polar surface area (TPSA) is 71.8 Å². The number of nitrogens with zero attached hydrogens (tertiary/aromatic N) is 3. The van der Waals surface area contributed by atoms with Crippen LogP contribution in [0.2, 0.25) is 0 Å². The van der Waals surface area contributed by atoms with Gasteiger partial charge in [0.2, 0.25) is 0 Å². The summed E-state index contributed by atoms with van der Waals surface area (Å²) >= 11 is 1.28.